The number of hydrogen-bond acceptors (Lipinski definition) is 6. The van der Waals surface area contributed by atoms with Gasteiger partial charge in [0, 0.05) is 21.7 Å². The molecule has 1 N–H and O–H groups in total. The van der Waals surface area contributed by atoms with Gasteiger partial charge in [0.1, 0.15) is 0 Å². The van der Waals surface area contributed by atoms with Crippen LogP contribution in [0.25, 0.3) is 5.69 Å². The largest absolute Gasteiger partial charge is 0.342 e. The van der Waals surface area contributed by atoms with E-state index >= 15 is 0 Å². The minimum absolute atomic E-state index is 0.103. The molecule has 1 heterocycles. The Kier molecular flexibility index (Phi) is 5.26. The third kappa shape index (κ3) is 3.85. The van der Waals surface area contributed by atoms with E-state index in [4.69, 9.17) is 0 Å². The van der Waals surface area contributed by atoms with Gasteiger partial charge in [-0.25, -0.2) is 0 Å². The maximum absolute atomic E-state index is 12.6. The lowest BCUT2D eigenvalue weighted by molar-refractivity contribution is -0.385. The fraction of sp³-hybridized carbons (Fsp3) is 0.176. The summed E-state index contributed by atoms with van der Waals surface area (Å²) in [6.07, 6.45) is 0. The third-order valence-corrected chi connectivity index (χ3v) is 4.52. The van der Waals surface area contributed by atoms with Gasteiger partial charge in [0.25, 0.3) is 11.6 Å². The molecule has 1 amide bonds. The quantitative estimate of drug-likeness (QED) is 0.490. The van der Waals surface area contributed by atoms with Crippen LogP contribution in [0.2, 0.25) is 0 Å². The molecule has 0 radical (unpaired) electrons. The Labute approximate surface area is 162 Å². The highest BCUT2D eigenvalue weighted by molar-refractivity contribution is 9.10. The van der Waals surface area contributed by atoms with Crippen molar-refractivity contribution in [2.24, 2.45) is 0 Å². The molecule has 0 spiro atoms. The highest BCUT2D eigenvalue weighted by atomic mass is 79.9. The van der Waals surface area contributed by atoms with Crippen molar-refractivity contribution >= 4 is 27.5 Å². The summed E-state index contributed by atoms with van der Waals surface area (Å²) < 4.78 is 2.39. The standard InChI is InChI=1S/C17H15BrN6O3/c1-10-14(7-4-8-15(10)24(26)27)17(25)19-11(2)16-20-21-22-23(16)13-6-3-5-12(18)9-13/h3-9,11H,1-2H3,(H,19,25). The second-order valence-electron chi connectivity index (χ2n) is 5.83. The zero-order valence-corrected chi connectivity index (χ0v) is 16.0. The zero-order chi connectivity index (χ0) is 19.6. The summed E-state index contributed by atoms with van der Waals surface area (Å²) in [6, 6.07) is 11.3. The molecule has 1 atom stereocenters. The molecule has 0 fully saturated rings. The van der Waals surface area contributed by atoms with Crippen molar-refractivity contribution in [2.45, 2.75) is 19.9 Å². The number of nitrogens with one attached hydrogen (secondary N) is 1. The lowest BCUT2D eigenvalue weighted by atomic mass is 10.1. The number of tetrazole rings is 1. The first-order chi connectivity index (χ1) is 12.9. The molecule has 0 bridgehead atoms. The Bertz CT molecular complexity index is 1020. The fourth-order valence-corrected chi connectivity index (χ4v) is 3.05. The van der Waals surface area contributed by atoms with Gasteiger partial charge in [-0.05, 0) is 48.5 Å². The first-order valence-corrected chi connectivity index (χ1v) is 8.77. The second kappa shape index (κ2) is 7.62. The predicted molar refractivity (Wildman–Crippen MR) is 101 cm³/mol. The summed E-state index contributed by atoms with van der Waals surface area (Å²) in [7, 11) is 0. The number of nitro groups is 1. The summed E-state index contributed by atoms with van der Waals surface area (Å²) in [5.74, 6) is -0.00275. The molecule has 0 saturated heterocycles. The van der Waals surface area contributed by atoms with Crippen LogP contribution in [0.5, 0.6) is 0 Å². The molecular weight excluding hydrogens is 416 g/mol. The van der Waals surface area contributed by atoms with Crippen molar-refractivity contribution in [3.63, 3.8) is 0 Å². The van der Waals surface area contributed by atoms with Gasteiger partial charge in [-0.15, -0.1) is 5.10 Å². The first-order valence-electron chi connectivity index (χ1n) is 7.97. The number of hydrogen-bond donors (Lipinski definition) is 1. The van der Waals surface area contributed by atoms with Crippen LogP contribution in [0.15, 0.2) is 46.9 Å². The average molecular weight is 431 g/mol. The van der Waals surface area contributed by atoms with Crippen LogP contribution in [0, 0.1) is 17.0 Å². The van der Waals surface area contributed by atoms with Crippen LogP contribution in [0.4, 0.5) is 5.69 Å². The van der Waals surface area contributed by atoms with Crippen molar-refractivity contribution in [1.82, 2.24) is 25.5 Å². The van der Waals surface area contributed by atoms with Gasteiger partial charge in [0.2, 0.25) is 0 Å². The molecular formula is C17H15BrN6O3. The molecule has 138 valence electrons. The van der Waals surface area contributed by atoms with Crippen LogP contribution in [0.3, 0.4) is 0 Å². The van der Waals surface area contributed by atoms with E-state index in [9.17, 15) is 14.9 Å². The van der Waals surface area contributed by atoms with E-state index in [1.54, 1.807) is 19.9 Å². The maximum Gasteiger partial charge on any atom is 0.273 e. The van der Waals surface area contributed by atoms with Gasteiger partial charge in [-0.2, -0.15) is 4.68 Å². The second-order valence-corrected chi connectivity index (χ2v) is 6.75. The average Bonchev–Trinajstić information content (AvgIpc) is 3.11. The van der Waals surface area contributed by atoms with E-state index in [1.807, 2.05) is 24.3 Å². The van der Waals surface area contributed by atoms with Crippen molar-refractivity contribution < 1.29 is 9.72 Å². The maximum atomic E-state index is 12.6. The normalized spacial score (nSPS) is 11.8. The Morgan fingerprint density at radius 2 is 2.04 bits per heavy atom. The third-order valence-electron chi connectivity index (χ3n) is 4.03. The number of carbonyl (C=O) groups excluding carboxylic acids is 1. The van der Waals surface area contributed by atoms with Gasteiger partial charge >= 0.3 is 0 Å². The molecule has 0 aliphatic rings. The molecule has 1 aromatic heterocycles. The molecule has 10 heteroatoms. The number of rotatable bonds is 5. The molecule has 1 unspecified atom stereocenters. The minimum atomic E-state index is -0.523. The summed E-state index contributed by atoms with van der Waals surface area (Å²) in [5.41, 5.74) is 1.17. The number of halogens is 1. The zero-order valence-electron chi connectivity index (χ0n) is 14.5. The molecule has 2 aromatic carbocycles. The molecule has 3 aromatic rings. The molecule has 9 nitrogen and oxygen atoms in total. The van der Waals surface area contributed by atoms with Gasteiger partial charge in [0.05, 0.1) is 16.7 Å². The SMILES string of the molecule is Cc1c(C(=O)NC(C)c2nnnn2-c2cccc(Br)c2)cccc1[N+](=O)[O-]. The van der Waals surface area contributed by atoms with Gasteiger partial charge in [-0.1, -0.05) is 28.1 Å². The van der Waals surface area contributed by atoms with E-state index < -0.39 is 16.9 Å². The van der Waals surface area contributed by atoms with Crippen LogP contribution in [0.1, 0.15) is 34.7 Å². The molecule has 0 aliphatic carbocycles. The highest BCUT2D eigenvalue weighted by Crippen LogP contribution is 2.22. The van der Waals surface area contributed by atoms with Crippen molar-refractivity contribution in [3.05, 3.63) is 74.0 Å². The van der Waals surface area contributed by atoms with Gasteiger partial charge in [0.15, 0.2) is 5.82 Å². The summed E-state index contributed by atoms with van der Waals surface area (Å²) in [6.45, 7) is 3.29. The molecule has 3 rings (SSSR count). The lowest BCUT2D eigenvalue weighted by Gasteiger charge is -2.15. The van der Waals surface area contributed by atoms with Crippen molar-refractivity contribution in [1.29, 1.82) is 0 Å². The fourth-order valence-electron chi connectivity index (χ4n) is 2.66. The number of aromatic nitrogens is 4. The van der Waals surface area contributed by atoms with Crippen LogP contribution in [-0.2, 0) is 0 Å². The van der Waals surface area contributed by atoms with Crippen molar-refractivity contribution in [2.75, 3.05) is 0 Å². The summed E-state index contributed by atoms with van der Waals surface area (Å²) in [5, 5.41) is 25.5. The topological polar surface area (TPSA) is 116 Å². The Morgan fingerprint density at radius 1 is 1.30 bits per heavy atom. The lowest BCUT2D eigenvalue weighted by Crippen LogP contribution is -2.29. The predicted octanol–water partition coefficient (Wildman–Crippen LogP) is 3.13. The number of amides is 1. The first kappa shape index (κ1) is 18.6. The minimum Gasteiger partial charge on any atom is -0.342 e. The van der Waals surface area contributed by atoms with E-state index in [2.05, 4.69) is 36.8 Å². The van der Waals surface area contributed by atoms with E-state index in [0.29, 0.717) is 11.4 Å². The molecule has 0 saturated carbocycles. The van der Waals surface area contributed by atoms with Crippen LogP contribution >= 0.6 is 15.9 Å². The summed E-state index contributed by atoms with van der Waals surface area (Å²) in [4.78, 5) is 23.2. The van der Waals surface area contributed by atoms with Crippen LogP contribution < -0.4 is 5.32 Å². The van der Waals surface area contributed by atoms with Crippen molar-refractivity contribution in [3.8, 4) is 5.69 Å². The highest BCUT2D eigenvalue weighted by Gasteiger charge is 2.22. The summed E-state index contributed by atoms with van der Waals surface area (Å²) >= 11 is 3.40. The van der Waals surface area contributed by atoms with E-state index in [-0.39, 0.29) is 11.3 Å². The smallest absolute Gasteiger partial charge is 0.273 e. The number of carbonyl (C=O) groups is 1. The van der Waals surface area contributed by atoms with E-state index in [0.717, 1.165) is 10.2 Å². The Balaban J connectivity index is 1.86. The van der Waals surface area contributed by atoms with Gasteiger partial charge in [-0.3, -0.25) is 14.9 Å². The monoisotopic (exact) mass is 430 g/mol. The molecule has 27 heavy (non-hydrogen) atoms. The van der Waals surface area contributed by atoms with E-state index in [1.165, 1.54) is 16.8 Å². The van der Waals surface area contributed by atoms with Crippen LogP contribution in [-0.4, -0.2) is 31.0 Å². The molecule has 0 aliphatic heterocycles. The van der Waals surface area contributed by atoms with Gasteiger partial charge < -0.3 is 5.32 Å². The Hall–Kier alpha value is -3.14. The Morgan fingerprint density at radius 3 is 2.74 bits per heavy atom. The number of benzene rings is 2. The number of nitrogens with zero attached hydrogens (tertiary/aromatic N) is 5. The number of nitro benzene ring substituents is 1.